The molecular formula is C27H32F2N4O2S. The second-order valence-corrected chi connectivity index (χ2v) is 11.1. The normalized spacial score (nSPS) is 12.9. The zero-order chi connectivity index (χ0) is 26.2. The van der Waals surface area contributed by atoms with E-state index in [1.165, 1.54) is 6.07 Å². The molecule has 0 aliphatic carbocycles. The molecular weight excluding hydrogens is 482 g/mol. The Kier molecular flexibility index (Phi) is 7.45. The number of hydrogen-bond donors (Lipinski definition) is 2. The molecule has 0 aliphatic heterocycles. The summed E-state index contributed by atoms with van der Waals surface area (Å²) in [6.07, 6.45) is -0.387. The topological polar surface area (TPSA) is 72.2 Å². The van der Waals surface area contributed by atoms with Crippen LogP contribution in [0.25, 0.3) is 21.3 Å². The molecule has 9 heteroatoms. The van der Waals surface area contributed by atoms with Crippen LogP contribution in [0.3, 0.4) is 0 Å². The number of benzene rings is 2. The van der Waals surface area contributed by atoms with Crippen molar-refractivity contribution in [3.63, 3.8) is 0 Å². The fourth-order valence-electron chi connectivity index (χ4n) is 4.14. The third-order valence-corrected chi connectivity index (χ3v) is 7.32. The third kappa shape index (κ3) is 5.14. The highest BCUT2D eigenvalue weighted by molar-refractivity contribution is 7.18. The second kappa shape index (κ2) is 10.2. The van der Waals surface area contributed by atoms with Crippen LogP contribution in [0, 0.1) is 24.0 Å². The van der Waals surface area contributed by atoms with Gasteiger partial charge in [-0.15, -0.1) is 11.3 Å². The van der Waals surface area contributed by atoms with Gasteiger partial charge in [0.25, 0.3) is 0 Å². The van der Waals surface area contributed by atoms with Crippen molar-refractivity contribution in [1.29, 1.82) is 0 Å². The number of halogens is 2. The van der Waals surface area contributed by atoms with E-state index >= 15 is 0 Å². The van der Waals surface area contributed by atoms with Crippen LogP contribution < -0.4 is 10.1 Å². The van der Waals surface area contributed by atoms with Crippen LogP contribution in [0.4, 0.5) is 8.78 Å². The molecule has 0 spiro atoms. The monoisotopic (exact) mass is 514 g/mol. The number of aryl methyl sites for hydroxylation is 1. The van der Waals surface area contributed by atoms with Crippen LogP contribution in [-0.2, 0) is 20.0 Å². The number of nitrogens with zero attached hydrogens (tertiary/aromatic N) is 3. The van der Waals surface area contributed by atoms with Crippen molar-refractivity contribution >= 4 is 21.6 Å². The Bertz CT molecular complexity index is 1390. The van der Waals surface area contributed by atoms with Crippen LogP contribution in [0.2, 0.25) is 0 Å². The maximum Gasteiger partial charge on any atom is 0.201 e. The molecule has 0 fully saturated rings. The maximum atomic E-state index is 15.0. The lowest BCUT2D eigenvalue weighted by atomic mass is 9.85. The van der Waals surface area contributed by atoms with Crippen LogP contribution in [0.5, 0.6) is 5.75 Å². The Morgan fingerprint density at radius 2 is 1.94 bits per heavy atom. The summed E-state index contributed by atoms with van der Waals surface area (Å²) in [5.74, 6) is -2.14. The Labute approximate surface area is 213 Å². The van der Waals surface area contributed by atoms with Crippen molar-refractivity contribution < 1.29 is 18.6 Å². The van der Waals surface area contributed by atoms with Crippen molar-refractivity contribution in [3.05, 3.63) is 63.9 Å². The van der Waals surface area contributed by atoms with Crippen LogP contribution in [0.1, 0.15) is 48.8 Å². The number of ether oxygens (including phenoxy) is 1. The minimum absolute atomic E-state index is 0.0923. The lowest BCUT2D eigenvalue weighted by Crippen LogP contribution is -2.20. The van der Waals surface area contributed by atoms with Crippen molar-refractivity contribution in [3.8, 4) is 16.9 Å². The Morgan fingerprint density at radius 3 is 2.64 bits per heavy atom. The standard InChI is InChI=1S/C27H32F2N4O2S/c1-15-17(24(32-33(15)6)26(34)27(2,3)4)11-12-35-25-18(8-9-19(28)23(25)29)16-7-10-21-20(13-16)31-22(36-21)14-30-5/h7-10,13,26,30,34H,11-12,14H2,1-6H3. The van der Waals surface area contributed by atoms with Crippen molar-refractivity contribution in [2.75, 3.05) is 13.7 Å². The van der Waals surface area contributed by atoms with E-state index in [0.717, 1.165) is 32.5 Å². The molecule has 0 aliphatic rings. The van der Waals surface area contributed by atoms with Gasteiger partial charge in [0.2, 0.25) is 5.82 Å². The van der Waals surface area contributed by atoms with Crippen molar-refractivity contribution in [1.82, 2.24) is 20.1 Å². The number of aliphatic hydroxyl groups is 1. The molecule has 0 radical (unpaired) electrons. The Morgan fingerprint density at radius 1 is 1.19 bits per heavy atom. The van der Waals surface area contributed by atoms with Gasteiger partial charge >= 0.3 is 0 Å². The summed E-state index contributed by atoms with van der Waals surface area (Å²) in [5.41, 5.74) is 3.86. The first-order chi connectivity index (χ1) is 17.0. The molecule has 0 saturated carbocycles. The van der Waals surface area contributed by atoms with Gasteiger partial charge in [-0.2, -0.15) is 9.49 Å². The van der Waals surface area contributed by atoms with Gasteiger partial charge in [-0.25, -0.2) is 9.37 Å². The van der Waals surface area contributed by atoms with E-state index in [1.807, 2.05) is 60.0 Å². The largest absolute Gasteiger partial charge is 0.489 e. The molecule has 2 N–H and O–H groups in total. The zero-order valence-corrected chi connectivity index (χ0v) is 22.3. The van der Waals surface area contributed by atoms with E-state index in [1.54, 1.807) is 16.0 Å². The van der Waals surface area contributed by atoms with E-state index in [2.05, 4.69) is 15.4 Å². The number of aromatic nitrogens is 3. The first-order valence-corrected chi connectivity index (χ1v) is 12.7. The van der Waals surface area contributed by atoms with E-state index in [0.29, 0.717) is 29.8 Å². The van der Waals surface area contributed by atoms with E-state index in [9.17, 15) is 13.9 Å². The quantitative estimate of drug-likeness (QED) is 0.315. The van der Waals surface area contributed by atoms with Crippen molar-refractivity contribution in [2.24, 2.45) is 12.5 Å². The predicted octanol–water partition coefficient (Wildman–Crippen LogP) is 5.70. The zero-order valence-electron chi connectivity index (χ0n) is 21.4. The highest BCUT2D eigenvalue weighted by Gasteiger charge is 2.30. The maximum absolute atomic E-state index is 15.0. The summed E-state index contributed by atoms with van der Waals surface area (Å²) in [6, 6.07) is 8.31. The molecule has 1 atom stereocenters. The third-order valence-electron chi connectivity index (χ3n) is 6.29. The smallest absolute Gasteiger partial charge is 0.201 e. The van der Waals surface area contributed by atoms with Gasteiger partial charge in [-0.1, -0.05) is 26.8 Å². The minimum atomic E-state index is -1.03. The highest BCUT2D eigenvalue weighted by atomic mass is 32.1. The van der Waals surface area contributed by atoms with E-state index in [-0.39, 0.29) is 12.4 Å². The number of hydrogen-bond acceptors (Lipinski definition) is 6. The molecule has 2 heterocycles. The predicted molar refractivity (Wildman–Crippen MR) is 139 cm³/mol. The van der Waals surface area contributed by atoms with Gasteiger partial charge in [0, 0.05) is 36.8 Å². The average molecular weight is 515 g/mol. The van der Waals surface area contributed by atoms with Crippen molar-refractivity contribution in [2.45, 2.75) is 46.8 Å². The molecule has 0 bridgehead atoms. The molecule has 2 aromatic carbocycles. The molecule has 36 heavy (non-hydrogen) atoms. The summed E-state index contributed by atoms with van der Waals surface area (Å²) in [4.78, 5) is 4.63. The van der Waals surface area contributed by atoms with Gasteiger partial charge in [-0.3, -0.25) is 4.68 Å². The molecule has 0 saturated heterocycles. The lowest BCUT2D eigenvalue weighted by Gasteiger charge is -2.25. The van der Waals surface area contributed by atoms with Crippen LogP contribution >= 0.6 is 11.3 Å². The fraction of sp³-hybridized carbons (Fsp3) is 0.407. The molecule has 6 nitrogen and oxygen atoms in total. The highest BCUT2D eigenvalue weighted by Crippen LogP contribution is 2.37. The van der Waals surface area contributed by atoms with E-state index < -0.39 is 23.2 Å². The first kappa shape index (κ1) is 26.2. The SMILES string of the molecule is CNCc1nc2cc(-c3ccc(F)c(F)c3OCCc3c(C(O)C(C)(C)C)nn(C)c3C)ccc2s1. The molecule has 192 valence electrons. The second-order valence-electron chi connectivity index (χ2n) is 10.00. The van der Waals surface area contributed by atoms with Gasteiger partial charge in [0.05, 0.1) is 22.5 Å². The number of nitrogens with one attached hydrogen (secondary N) is 1. The van der Waals surface area contributed by atoms with Crippen LogP contribution in [0.15, 0.2) is 30.3 Å². The van der Waals surface area contributed by atoms with Gasteiger partial charge in [0.1, 0.15) is 11.1 Å². The van der Waals surface area contributed by atoms with E-state index in [4.69, 9.17) is 4.74 Å². The molecule has 1 unspecified atom stereocenters. The molecule has 4 rings (SSSR count). The summed E-state index contributed by atoms with van der Waals surface area (Å²) < 4.78 is 37.8. The minimum Gasteiger partial charge on any atom is -0.489 e. The first-order valence-electron chi connectivity index (χ1n) is 11.9. The van der Waals surface area contributed by atoms with Gasteiger partial charge in [0.15, 0.2) is 11.6 Å². The van der Waals surface area contributed by atoms with Gasteiger partial charge < -0.3 is 15.2 Å². The summed E-state index contributed by atoms with van der Waals surface area (Å²) >= 11 is 1.59. The summed E-state index contributed by atoms with van der Waals surface area (Å²) in [7, 11) is 3.68. The Hall–Kier alpha value is -2.88. The lowest BCUT2D eigenvalue weighted by molar-refractivity contribution is 0.0575. The summed E-state index contributed by atoms with van der Waals surface area (Å²) in [6.45, 7) is 8.50. The molecule has 0 amide bonds. The van der Waals surface area contributed by atoms with Gasteiger partial charge in [-0.05, 0) is 49.2 Å². The number of fused-ring (bicyclic) bond motifs is 1. The van der Waals surface area contributed by atoms with Crippen LogP contribution in [-0.4, -0.2) is 33.5 Å². The Balaban J connectivity index is 1.63. The summed E-state index contributed by atoms with van der Waals surface area (Å²) in [5, 5.41) is 19.4. The fourth-order valence-corrected chi connectivity index (χ4v) is 5.10. The molecule has 2 aromatic heterocycles. The molecule has 4 aromatic rings. The number of thiazole rings is 1. The number of rotatable bonds is 8. The number of aliphatic hydroxyl groups excluding tert-OH is 1. The average Bonchev–Trinajstić information content (AvgIpc) is 3.35.